The fraction of sp³-hybridized carbons (Fsp3) is 0.533. The number of anilines is 2. The van der Waals surface area contributed by atoms with Crippen LogP contribution in [-0.2, 0) is 14.3 Å². The molecule has 2 aromatic heterocycles. The fourth-order valence-corrected chi connectivity index (χ4v) is 6.38. The molecule has 1 aromatic carbocycles. The van der Waals surface area contributed by atoms with Crippen LogP contribution >= 0.6 is 11.3 Å². The number of carboxylic acids is 1. The Kier molecular flexibility index (Phi) is 10.0. The zero-order valence-corrected chi connectivity index (χ0v) is 24.4. The minimum atomic E-state index is -0.928. The normalized spacial score (nSPS) is 17.0. The van der Waals surface area contributed by atoms with E-state index in [1.165, 1.54) is 6.42 Å². The van der Waals surface area contributed by atoms with Gasteiger partial charge in [0.25, 0.3) is 0 Å². The highest BCUT2D eigenvalue weighted by Gasteiger charge is 2.20. The van der Waals surface area contributed by atoms with Crippen LogP contribution in [0.1, 0.15) is 50.6 Å². The van der Waals surface area contributed by atoms with E-state index in [1.54, 1.807) is 11.3 Å². The van der Waals surface area contributed by atoms with Gasteiger partial charge in [-0.25, -0.2) is 14.6 Å². The van der Waals surface area contributed by atoms with Gasteiger partial charge in [0.15, 0.2) is 5.13 Å². The van der Waals surface area contributed by atoms with Crippen molar-refractivity contribution < 1.29 is 24.2 Å². The monoisotopic (exact) mass is 581 g/mol. The summed E-state index contributed by atoms with van der Waals surface area (Å²) in [7, 11) is 0. The van der Waals surface area contributed by atoms with Crippen LogP contribution in [0.15, 0.2) is 30.5 Å². The van der Waals surface area contributed by atoms with Crippen LogP contribution in [0.4, 0.5) is 15.6 Å². The van der Waals surface area contributed by atoms with Crippen LogP contribution in [0.2, 0.25) is 0 Å². The minimum Gasteiger partial charge on any atom is -0.480 e. The molecule has 1 saturated carbocycles. The number of aryl methyl sites for hydroxylation is 1. The van der Waals surface area contributed by atoms with Crippen LogP contribution in [0, 0.1) is 12.8 Å². The lowest BCUT2D eigenvalue weighted by Gasteiger charge is -2.31. The molecule has 0 radical (unpaired) electrons. The summed E-state index contributed by atoms with van der Waals surface area (Å²) < 4.78 is 11.9. The molecule has 3 heterocycles. The largest absolute Gasteiger partial charge is 0.480 e. The van der Waals surface area contributed by atoms with Crippen LogP contribution in [0.5, 0.6) is 0 Å². The third-order valence-electron chi connectivity index (χ3n) is 7.90. The molecule has 5 rings (SSSR count). The summed E-state index contributed by atoms with van der Waals surface area (Å²) in [6.45, 7) is 5.73. The van der Waals surface area contributed by atoms with E-state index in [9.17, 15) is 9.59 Å². The zero-order chi connectivity index (χ0) is 28.6. The molecule has 2 aliphatic rings. The molecule has 1 aliphatic heterocycles. The SMILES string of the molecule is Cc1ncc(-c2ccc3nc(NCC4CCN(CCOCC(=O)O)CC4)sc3c2)cc1NC(=O)OC1CCCCC1. The zero-order valence-electron chi connectivity index (χ0n) is 23.6. The maximum absolute atomic E-state index is 12.5. The van der Waals surface area contributed by atoms with Gasteiger partial charge in [0.2, 0.25) is 0 Å². The predicted molar refractivity (Wildman–Crippen MR) is 161 cm³/mol. The minimum absolute atomic E-state index is 0.00139. The van der Waals surface area contributed by atoms with Crippen molar-refractivity contribution in [1.82, 2.24) is 14.9 Å². The molecule has 3 aromatic rings. The molecule has 3 N–H and O–H groups in total. The van der Waals surface area contributed by atoms with Gasteiger partial charge < -0.3 is 24.8 Å². The number of fused-ring (bicyclic) bond motifs is 1. The van der Waals surface area contributed by atoms with E-state index in [0.29, 0.717) is 18.2 Å². The smallest absolute Gasteiger partial charge is 0.411 e. The van der Waals surface area contributed by atoms with Crippen molar-refractivity contribution in [3.8, 4) is 11.1 Å². The van der Waals surface area contributed by atoms with E-state index in [1.807, 2.05) is 31.3 Å². The molecule has 0 spiro atoms. The summed E-state index contributed by atoms with van der Waals surface area (Å²) in [5, 5.41) is 16.0. The van der Waals surface area contributed by atoms with Crippen molar-refractivity contribution in [3.05, 3.63) is 36.2 Å². The van der Waals surface area contributed by atoms with Crippen molar-refractivity contribution in [1.29, 1.82) is 0 Å². The average molecular weight is 582 g/mol. The molecular weight excluding hydrogens is 542 g/mol. The maximum atomic E-state index is 12.5. The van der Waals surface area contributed by atoms with Crippen LogP contribution < -0.4 is 10.6 Å². The van der Waals surface area contributed by atoms with Crippen molar-refractivity contribution >= 4 is 44.4 Å². The molecule has 0 bridgehead atoms. The second kappa shape index (κ2) is 14.1. The van der Waals surface area contributed by atoms with Gasteiger partial charge in [-0.3, -0.25) is 10.3 Å². The highest BCUT2D eigenvalue weighted by atomic mass is 32.1. The summed E-state index contributed by atoms with van der Waals surface area (Å²) in [4.78, 5) is 34.7. The second-order valence-electron chi connectivity index (χ2n) is 11.0. The van der Waals surface area contributed by atoms with Gasteiger partial charge in [0.1, 0.15) is 12.7 Å². The van der Waals surface area contributed by atoms with Crippen molar-refractivity contribution in [3.63, 3.8) is 0 Å². The lowest BCUT2D eigenvalue weighted by Crippen LogP contribution is -2.37. The number of nitrogens with zero attached hydrogens (tertiary/aromatic N) is 3. The number of pyridine rings is 1. The average Bonchev–Trinajstić information content (AvgIpc) is 3.39. The number of aliphatic carboxylic acids is 1. The molecule has 1 aliphatic carbocycles. The first-order valence-electron chi connectivity index (χ1n) is 14.5. The number of likely N-dealkylation sites (tertiary alicyclic amines) is 1. The molecule has 11 heteroatoms. The summed E-state index contributed by atoms with van der Waals surface area (Å²) in [6.07, 6.45) is 8.90. The third-order valence-corrected chi connectivity index (χ3v) is 8.87. The number of thiazole rings is 1. The molecule has 41 heavy (non-hydrogen) atoms. The van der Waals surface area contributed by atoms with E-state index < -0.39 is 12.1 Å². The molecule has 0 atom stereocenters. The van der Waals surface area contributed by atoms with E-state index in [4.69, 9.17) is 19.6 Å². The quantitative estimate of drug-likeness (QED) is 0.242. The topological polar surface area (TPSA) is 126 Å². The van der Waals surface area contributed by atoms with Gasteiger partial charge >= 0.3 is 12.1 Å². The highest BCUT2D eigenvalue weighted by molar-refractivity contribution is 7.22. The number of benzene rings is 1. The Balaban J connectivity index is 1.14. The first-order chi connectivity index (χ1) is 19.9. The van der Waals surface area contributed by atoms with Crippen LogP contribution in [0.25, 0.3) is 21.3 Å². The molecule has 0 unspecified atom stereocenters. The summed E-state index contributed by atoms with van der Waals surface area (Å²) in [5.74, 6) is -0.356. The Morgan fingerprint density at radius 3 is 2.68 bits per heavy atom. The fourth-order valence-electron chi connectivity index (χ4n) is 5.47. The van der Waals surface area contributed by atoms with Gasteiger partial charge in [-0.1, -0.05) is 23.8 Å². The van der Waals surface area contributed by atoms with Gasteiger partial charge in [-0.05, 0) is 88.2 Å². The lowest BCUT2D eigenvalue weighted by atomic mass is 9.97. The van der Waals surface area contributed by atoms with Crippen molar-refractivity contribution in [2.75, 3.05) is 50.0 Å². The Morgan fingerprint density at radius 1 is 1.10 bits per heavy atom. The maximum Gasteiger partial charge on any atom is 0.411 e. The Labute approximate surface area is 244 Å². The van der Waals surface area contributed by atoms with Gasteiger partial charge in [-0.2, -0.15) is 0 Å². The number of hydrogen-bond acceptors (Lipinski definition) is 9. The number of rotatable bonds is 11. The van der Waals surface area contributed by atoms with Gasteiger partial charge in [0.05, 0.1) is 28.2 Å². The summed E-state index contributed by atoms with van der Waals surface area (Å²) >= 11 is 1.64. The standard InChI is InChI=1S/C30H39N5O5S/c1-20-26(34-30(38)40-24-5-3-2-4-6-24)15-23(18-31-20)22-7-8-25-27(16-22)41-29(33-25)32-17-21-9-11-35(12-10-21)13-14-39-19-28(36)37/h7-8,15-16,18,21,24H,2-6,9-14,17,19H2,1H3,(H,32,33)(H,34,38)(H,36,37). The molecular formula is C30H39N5O5S. The first-order valence-corrected chi connectivity index (χ1v) is 15.4. The third kappa shape index (κ3) is 8.37. The number of carbonyl (C=O) groups excluding carboxylic acids is 1. The number of hydrogen-bond donors (Lipinski definition) is 3. The van der Waals surface area contributed by atoms with Crippen LogP contribution in [-0.4, -0.2) is 77.5 Å². The van der Waals surface area contributed by atoms with Crippen LogP contribution in [0.3, 0.4) is 0 Å². The Bertz CT molecular complexity index is 1330. The molecule has 1 amide bonds. The first kappa shape index (κ1) is 29.2. The number of piperidine rings is 1. The van der Waals surface area contributed by atoms with Gasteiger partial charge in [0, 0.05) is 24.8 Å². The highest BCUT2D eigenvalue weighted by Crippen LogP contribution is 2.32. The number of amides is 1. The second-order valence-corrected chi connectivity index (χ2v) is 12.0. The van der Waals surface area contributed by atoms with E-state index in [-0.39, 0.29) is 12.7 Å². The van der Waals surface area contributed by atoms with Crippen molar-refractivity contribution in [2.24, 2.45) is 5.92 Å². The number of nitrogens with one attached hydrogen (secondary N) is 2. The molecule has 1 saturated heterocycles. The summed E-state index contributed by atoms with van der Waals surface area (Å²) in [6, 6.07) is 8.15. The molecule has 220 valence electrons. The van der Waals surface area contributed by atoms with Crippen molar-refractivity contribution in [2.45, 2.75) is 58.0 Å². The van der Waals surface area contributed by atoms with E-state index in [2.05, 4.69) is 26.6 Å². The van der Waals surface area contributed by atoms with E-state index >= 15 is 0 Å². The number of carbonyl (C=O) groups is 2. The number of aromatic nitrogens is 2. The number of carboxylic acid groups (broad SMARTS) is 1. The van der Waals surface area contributed by atoms with Gasteiger partial charge in [-0.15, -0.1) is 0 Å². The summed E-state index contributed by atoms with van der Waals surface area (Å²) in [5.41, 5.74) is 4.30. The Morgan fingerprint density at radius 2 is 1.90 bits per heavy atom. The number of ether oxygens (including phenoxy) is 2. The molecule has 10 nitrogen and oxygen atoms in total. The predicted octanol–water partition coefficient (Wildman–Crippen LogP) is 5.77. The molecule has 2 fully saturated rings. The van der Waals surface area contributed by atoms with E-state index in [0.717, 1.165) is 96.9 Å². The Hall–Kier alpha value is -3.28. The lowest BCUT2D eigenvalue weighted by molar-refractivity contribution is -0.142.